The van der Waals surface area contributed by atoms with Crippen LogP contribution in [0.25, 0.3) is 56.0 Å². The van der Waals surface area contributed by atoms with E-state index >= 15 is 0 Å². The third-order valence-corrected chi connectivity index (χ3v) is 6.22. The van der Waals surface area contributed by atoms with Crippen molar-refractivity contribution in [2.24, 2.45) is 0 Å². The first-order valence-corrected chi connectivity index (χ1v) is 13.4. The topological polar surface area (TPSA) is 104 Å². The summed E-state index contributed by atoms with van der Waals surface area (Å²) in [5.41, 5.74) is 9.17. The fraction of sp³-hybridized carbons (Fsp3) is 0. The molecule has 0 aliphatic heterocycles. The molecule has 39 heavy (non-hydrogen) atoms. The molecule has 0 amide bonds. The Labute approximate surface area is 228 Å². The Hall–Kier alpha value is -4.36. The molecule has 0 bridgehead atoms. The Balaban J connectivity index is 0.000000567. The minimum Gasteiger partial charge on any atom is -0.222 e. The molecule has 6 heteroatoms. The minimum atomic E-state index is -4.94. The molecule has 0 spiro atoms. The summed E-state index contributed by atoms with van der Waals surface area (Å²) in [4.78, 5) is 0. The number of benzene rings is 3. The molecule has 0 radical (unpaired) electrons. The molecule has 1 heterocycles. The van der Waals surface area contributed by atoms with Crippen molar-refractivity contribution in [3.05, 3.63) is 140 Å². The molecular weight excluding hydrogens is 512 g/mol. The number of fused-ring (bicyclic) bond motifs is 1. The van der Waals surface area contributed by atoms with E-state index in [1.165, 1.54) is 16.7 Å². The SMILES string of the molecule is [O-][Cl+3]([O-])([O-])[O-].c1ccc(-c2cc(-c3ccc4cccccc3-4)c(-c3ccccc3)c(-c3ccccc3)[o+]2)cc1. The predicted molar refractivity (Wildman–Crippen MR) is 141 cm³/mol. The first-order valence-electron chi connectivity index (χ1n) is 12.2. The Morgan fingerprint density at radius 1 is 0.410 bits per heavy atom. The van der Waals surface area contributed by atoms with E-state index in [1.807, 2.05) is 12.1 Å². The first kappa shape index (κ1) is 26.3. The lowest BCUT2D eigenvalue weighted by molar-refractivity contribution is -2.00. The van der Waals surface area contributed by atoms with Gasteiger partial charge in [0, 0.05) is 5.56 Å². The molecular formula is C33H23ClO5. The van der Waals surface area contributed by atoms with Crippen molar-refractivity contribution in [2.45, 2.75) is 0 Å². The fourth-order valence-electron chi connectivity index (χ4n) is 4.61. The van der Waals surface area contributed by atoms with Gasteiger partial charge < -0.3 is 0 Å². The molecule has 2 aliphatic rings. The van der Waals surface area contributed by atoms with Crippen LogP contribution >= 0.6 is 0 Å². The van der Waals surface area contributed by atoms with Gasteiger partial charge in [-0.25, -0.2) is 23.1 Å². The summed E-state index contributed by atoms with van der Waals surface area (Å²) in [6.07, 6.45) is 0. The lowest BCUT2D eigenvalue weighted by Gasteiger charge is -2.17. The number of hydrogen-bond donors (Lipinski definition) is 0. The monoisotopic (exact) mass is 534 g/mol. The zero-order valence-electron chi connectivity index (χ0n) is 20.7. The van der Waals surface area contributed by atoms with Gasteiger partial charge in [0.05, 0.1) is 22.8 Å². The third kappa shape index (κ3) is 6.38. The van der Waals surface area contributed by atoms with E-state index in [1.54, 1.807) is 0 Å². The van der Waals surface area contributed by atoms with E-state index in [0.29, 0.717) is 0 Å². The number of halogens is 1. The molecule has 0 unspecified atom stereocenters. The van der Waals surface area contributed by atoms with Crippen LogP contribution in [0.1, 0.15) is 0 Å². The molecule has 4 aromatic rings. The van der Waals surface area contributed by atoms with Crippen LogP contribution in [0.15, 0.2) is 144 Å². The molecule has 5 nitrogen and oxygen atoms in total. The maximum absolute atomic E-state index is 8.49. The summed E-state index contributed by atoms with van der Waals surface area (Å²) in [5, 5.41) is 0. The van der Waals surface area contributed by atoms with Crippen LogP contribution in [-0.2, 0) is 0 Å². The smallest absolute Gasteiger partial charge is 0.222 e. The van der Waals surface area contributed by atoms with Crippen LogP contribution in [0.2, 0.25) is 0 Å². The standard InChI is InChI=1S/C33H23O.ClHO4/c1-6-14-25(15-7-1)31-23-30(29-22-21-24-13-5-4-12-20-28(24)29)32(26-16-8-2-9-17-26)33(34-31)27-18-10-3-11-19-27;2-1(3,4)5/h1-23H;(H,2,3,4,5)/q+1;/p-1. The van der Waals surface area contributed by atoms with Gasteiger partial charge in [-0.1, -0.05) is 109 Å². The molecule has 0 fully saturated rings. The maximum Gasteiger partial charge on any atom is 0.369 e. The summed E-state index contributed by atoms with van der Waals surface area (Å²) >= 11 is 0. The summed E-state index contributed by atoms with van der Waals surface area (Å²) < 4.78 is 40.7. The summed E-state index contributed by atoms with van der Waals surface area (Å²) in [6, 6.07) is 48.6. The average Bonchev–Trinajstić information content (AvgIpc) is 3.20. The van der Waals surface area contributed by atoms with Gasteiger partial charge in [-0.2, -0.15) is 0 Å². The van der Waals surface area contributed by atoms with E-state index in [9.17, 15) is 0 Å². The van der Waals surface area contributed by atoms with Gasteiger partial charge in [-0.15, -0.1) is 10.2 Å². The van der Waals surface area contributed by atoms with Gasteiger partial charge >= 0.3 is 11.5 Å². The summed E-state index contributed by atoms with van der Waals surface area (Å²) in [7, 11) is -4.94. The van der Waals surface area contributed by atoms with Gasteiger partial charge in [-0.05, 0) is 46.5 Å². The highest BCUT2D eigenvalue weighted by Gasteiger charge is 2.29. The van der Waals surface area contributed by atoms with Crippen molar-refractivity contribution in [1.29, 1.82) is 0 Å². The van der Waals surface area contributed by atoms with Gasteiger partial charge in [-0.3, -0.25) is 0 Å². The lowest BCUT2D eigenvalue weighted by atomic mass is 9.90. The second kappa shape index (κ2) is 11.6. The fourth-order valence-corrected chi connectivity index (χ4v) is 4.61. The zero-order valence-corrected chi connectivity index (χ0v) is 21.5. The van der Waals surface area contributed by atoms with Gasteiger partial charge in [0.2, 0.25) is 0 Å². The van der Waals surface area contributed by atoms with Crippen LogP contribution in [0.5, 0.6) is 0 Å². The van der Waals surface area contributed by atoms with Crippen LogP contribution < -0.4 is 18.6 Å². The molecule has 0 saturated heterocycles. The van der Waals surface area contributed by atoms with E-state index in [-0.39, 0.29) is 0 Å². The van der Waals surface area contributed by atoms with Crippen LogP contribution in [0.4, 0.5) is 0 Å². The van der Waals surface area contributed by atoms with Crippen molar-refractivity contribution < 1.29 is 33.3 Å². The quantitative estimate of drug-likeness (QED) is 0.308. The largest absolute Gasteiger partial charge is 0.369 e. The summed E-state index contributed by atoms with van der Waals surface area (Å²) in [6.45, 7) is 0. The molecule has 0 atom stereocenters. The van der Waals surface area contributed by atoms with Crippen LogP contribution in [0, 0.1) is 10.2 Å². The van der Waals surface area contributed by atoms with Gasteiger partial charge in [0.15, 0.2) is 0 Å². The van der Waals surface area contributed by atoms with Crippen LogP contribution in [-0.4, -0.2) is 0 Å². The van der Waals surface area contributed by atoms with Crippen molar-refractivity contribution in [3.63, 3.8) is 0 Å². The van der Waals surface area contributed by atoms with E-state index in [2.05, 4.69) is 127 Å². The Morgan fingerprint density at radius 2 is 0.872 bits per heavy atom. The molecule has 1 aromatic heterocycles. The number of hydrogen-bond acceptors (Lipinski definition) is 4. The Morgan fingerprint density at radius 3 is 1.44 bits per heavy atom. The van der Waals surface area contributed by atoms with E-state index < -0.39 is 10.2 Å². The highest BCUT2D eigenvalue weighted by Crippen LogP contribution is 2.46. The lowest BCUT2D eigenvalue weighted by Crippen LogP contribution is -2.68. The highest BCUT2D eigenvalue weighted by molar-refractivity contribution is 5.98. The molecule has 0 N–H and O–H groups in total. The normalized spacial score (nSPS) is 11.1. The first-order chi connectivity index (χ1) is 18.9. The second-order valence-corrected chi connectivity index (χ2v) is 9.49. The summed E-state index contributed by atoms with van der Waals surface area (Å²) in [5.74, 6) is 1.72. The van der Waals surface area contributed by atoms with Crippen molar-refractivity contribution >= 4 is 0 Å². The average molecular weight is 535 g/mol. The third-order valence-electron chi connectivity index (χ3n) is 6.22. The molecule has 2 aliphatic carbocycles. The predicted octanol–water partition coefficient (Wildman–Crippen LogP) is 4.58. The zero-order chi connectivity index (χ0) is 27.2. The Bertz CT molecular complexity index is 1630. The van der Waals surface area contributed by atoms with E-state index in [0.717, 1.165) is 39.3 Å². The van der Waals surface area contributed by atoms with Gasteiger partial charge in [0.25, 0.3) is 0 Å². The van der Waals surface area contributed by atoms with E-state index in [4.69, 9.17) is 23.1 Å². The molecule has 192 valence electrons. The highest BCUT2D eigenvalue weighted by atomic mass is 35.7. The number of rotatable bonds is 4. The molecule has 3 aromatic carbocycles. The van der Waals surface area contributed by atoms with Crippen molar-refractivity contribution in [2.75, 3.05) is 0 Å². The van der Waals surface area contributed by atoms with Gasteiger partial charge in [0.1, 0.15) is 0 Å². The van der Waals surface area contributed by atoms with Crippen LogP contribution in [0.3, 0.4) is 0 Å². The second-order valence-electron chi connectivity index (χ2n) is 8.73. The molecule has 0 saturated carbocycles. The van der Waals surface area contributed by atoms with Crippen molar-refractivity contribution in [3.8, 4) is 56.0 Å². The maximum atomic E-state index is 8.49. The minimum absolute atomic E-state index is 0.851. The molecule has 6 rings (SSSR count). The van der Waals surface area contributed by atoms with Crippen molar-refractivity contribution in [1.82, 2.24) is 0 Å². The Kier molecular flexibility index (Phi) is 7.79.